The predicted octanol–water partition coefficient (Wildman–Crippen LogP) is 4.38. The van der Waals surface area contributed by atoms with Gasteiger partial charge in [0.25, 0.3) is 0 Å². The van der Waals surface area contributed by atoms with Crippen molar-refractivity contribution in [2.24, 2.45) is 0 Å². The van der Waals surface area contributed by atoms with Gasteiger partial charge in [-0.25, -0.2) is 4.39 Å². The first kappa shape index (κ1) is 14.4. The Hall–Kier alpha value is -1.65. The maximum atomic E-state index is 13.0. The molecule has 0 saturated carbocycles. The molecule has 0 spiro atoms. The van der Waals surface area contributed by atoms with E-state index in [1.54, 1.807) is 6.92 Å². The normalized spacial score (nSPS) is 11.4. The second kappa shape index (κ2) is 5.33. The third-order valence-electron chi connectivity index (χ3n) is 2.37. The fourth-order valence-corrected chi connectivity index (χ4v) is 1.39. The van der Waals surface area contributed by atoms with Crippen LogP contribution < -0.4 is 0 Å². The molecule has 0 heterocycles. The number of halogens is 4. The van der Waals surface area contributed by atoms with Crippen LogP contribution in [0, 0.1) is 5.82 Å². The van der Waals surface area contributed by atoms with Crippen LogP contribution in [0.3, 0.4) is 0 Å². The van der Waals surface area contributed by atoms with Gasteiger partial charge in [-0.05, 0) is 31.5 Å². The third-order valence-corrected chi connectivity index (χ3v) is 2.37. The van der Waals surface area contributed by atoms with Gasteiger partial charge < -0.3 is 0 Å². The molecule has 0 bridgehead atoms. The van der Waals surface area contributed by atoms with Crippen LogP contribution in [-0.4, -0.2) is 5.78 Å². The Morgan fingerprint density at radius 1 is 1.28 bits per heavy atom. The van der Waals surface area contributed by atoms with Crippen LogP contribution in [0.4, 0.5) is 17.6 Å². The van der Waals surface area contributed by atoms with Gasteiger partial charge in [0.1, 0.15) is 5.82 Å². The number of allylic oxidation sites excluding steroid dienone is 1. The van der Waals surface area contributed by atoms with Crippen molar-refractivity contribution in [3.63, 3.8) is 0 Å². The molecule has 1 nitrogen and oxygen atoms in total. The van der Waals surface area contributed by atoms with Crippen molar-refractivity contribution in [1.82, 2.24) is 0 Å². The lowest BCUT2D eigenvalue weighted by Crippen LogP contribution is -2.10. The van der Waals surface area contributed by atoms with Gasteiger partial charge in [-0.3, -0.25) is 4.79 Å². The Morgan fingerprint density at radius 3 is 2.39 bits per heavy atom. The molecule has 0 radical (unpaired) electrons. The van der Waals surface area contributed by atoms with E-state index in [0.29, 0.717) is 18.6 Å². The molecule has 0 atom stereocenters. The van der Waals surface area contributed by atoms with Gasteiger partial charge in [0.15, 0.2) is 5.78 Å². The fraction of sp³-hybridized carbons (Fsp3) is 0.308. The molecule has 0 fully saturated rings. The minimum atomic E-state index is -4.80. The summed E-state index contributed by atoms with van der Waals surface area (Å²) in [5, 5.41) is 0. The molecule has 0 aliphatic rings. The smallest absolute Gasteiger partial charge is 0.294 e. The highest BCUT2D eigenvalue weighted by Crippen LogP contribution is 2.32. The van der Waals surface area contributed by atoms with Crippen molar-refractivity contribution in [2.75, 3.05) is 0 Å². The standard InChI is InChI=1S/C13H12F4O/c1-8(2)3-6-12(18)9-4-5-11(14)10(7-9)13(15,16)17/h4-5,7H,1,3,6H2,2H3. The Kier molecular flexibility index (Phi) is 4.27. The summed E-state index contributed by atoms with van der Waals surface area (Å²) < 4.78 is 50.3. The first-order chi connectivity index (χ1) is 8.21. The molecule has 18 heavy (non-hydrogen) atoms. The molecule has 0 aliphatic carbocycles. The number of carbonyl (C=O) groups is 1. The molecule has 98 valence electrons. The van der Waals surface area contributed by atoms with Crippen LogP contribution in [-0.2, 0) is 6.18 Å². The summed E-state index contributed by atoms with van der Waals surface area (Å²) in [5.74, 6) is -1.83. The number of ketones is 1. The molecule has 0 saturated heterocycles. The fourth-order valence-electron chi connectivity index (χ4n) is 1.39. The molecule has 5 heteroatoms. The summed E-state index contributed by atoms with van der Waals surface area (Å²) in [7, 11) is 0. The van der Waals surface area contributed by atoms with Gasteiger partial charge in [-0.1, -0.05) is 5.57 Å². The minimum absolute atomic E-state index is 0.0677. The van der Waals surface area contributed by atoms with Crippen molar-refractivity contribution >= 4 is 5.78 Å². The number of hydrogen-bond acceptors (Lipinski definition) is 1. The van der Waals surface area contributed by atoms with Gasteiger partial charge >= 0.3 is 6.18 Å². The highest BCUT2D eigenvalue weighted by molar-refractivity contribution is 5.96. The number of hydrogen-bond donors (Lipinski definition) is 0. The summed E-state index contributed by atoms with van der Waals surface area (Å²) in [6, 6.07) is 2.28. The summed E-state index contributed by atoms with van der Waals surface area (Å²) in [6.07, 6.45) is -4.33. The highest BCUT2D eigenvalue weighted by atomic mass is 19.4. The van der Waals surface area contributed by atoms with E-state index in [1.807, 2.05) is 0 Å². The zero-order chi connectivity index (χ0) is 13.9. The second-order valence-corrected chi connectivity index (χ2v) is 4.07. The van der Waals surface area contributed by atoms with Crippen molar-refractivity contribution in [3.05, 3.63) is 47.3 Å². The predicted molar refractivity (Wildman–Crippen MR) is 59.8 cm³/mol. The first-order valence-electron chi connectivity index (χ1n) is 5.26. The molecular weight excluding hydrogens is 248 g/mol. The van der Waals surface area contributed by atoms with E-state index in [9.17, 15) is 22.4 Å². The zero-order valence-corrected chi connectivity index (χ0v) is 9.77. The van der Waals surface area contributed by atoms with Crippen molar-refractivity contribution in [3.8, 4) is 0 Å². The monoisotopic (exact) mass is 260 g/mol. The maximum Gasteiger partial charge on any atom is 0.419 e. The molecule has 0 aromatic heterocycles. The Morgan fingerprint density at radius 2 is 1.89 bits per heavy atom. The molecule has 1 aromatic rings. The topological polar surface area (TPSA) is 17.1 Å². The molecule has 1 aromatic carbocycles. The SMILES string of the molecule is C=C(C)CCC(=O)c1ccc(F)c(C(F)(F)F)c1. The second-order valence-electron chi connectivity index (χ2n) is 4.07. The van der Waals surface area contributed by atoms with E-state index >= 15 is 0 Å². The van der Waals surface area contributed by atoms with Crippen molar-refractivity contribution in [2.45, 2.75) is 25.9 Å². The number of rotatable bonds is 4. The summed E-state index contributed by atoms with van der Waals surface area (Å²) in [6.45, 7) is 5.32. The number of benzene rings is 1. The molecule has 0 amide bonds. The Balaban J connectivity index is 2.98. The summed E-state index contributed by atoms with van der Waals surface area (Å²) >= 11 is 0. The lowest BCUT2D eigenvalue weighted by molar-refractivity contribution is -0.140. The molecule has 0 unspecified atom stereocenters. The lowest BCUT2D eigenvalue weighted by Gasteiger charge is -2.09. The largest absolute Gasteiger partial charge is 0.419 e. The summed E-state index contributed by atoms with van der Waals surface area (Å²) in [5.41, 5.74) is -0.782. The number of carbonyl (C=O) groups excluding carboxylic acids is 1. The van der Waals surface area contributed by atoms with Gasteiger partial charge in [-0.15, -0.1) is 6.58 Å². The van der Waals surface area contributed by atoms with Crippen LogP contribution in [0.25, 0.3) is 0 Å². The average molecular weight is 260 g/mol. The Labute approximate surface area is 102 Å². The highest BCUT2D eigenvalue weighted by Gasteiger charge is 2.34. The van der Waals surface area contributed by atoms with E-state index in [0.717, 1.165) is 11.6 Å². The van der Waals surface area contributed by atoms with Gasteiger partial charge in [0.2, 0.25) is 0 Å². The Bertz CT molecular complexity index is 474. The van der Waals surface area contributed by atoms with Gasteiger partial charge in [0.05, 0.1) is 5.56 Å². The molecule has 0 aliphatic heterocycles. The van der Waals surface area contributed by atoms with E-state index in [1.165, 1.54) is 0 Å². The minimum Gasteiger partial charge on any atom is -0.294 e. The molecular formula is C13H12F4O. The number of Topliss-reactive ketones (excluding diaryl/α,β-unsaturated/α-hetero) is 1. The molecule has 0 N–H and O–H groups in total. The van der Waals surface area contributed by atoms with Crippen molar-refractivity contribution < 1.29 is 22.4 Å². The van der Waals surface area contributed by atoms with E-state index in [2.05, 4.69) is 6.58 Å². The van der Waals surface area contributed by atoms with Gasteiger partial charge in [0, 0.05) is 12.0 Å². The first-order valence-corrected chi connectivity index (χ1v) is 5.26. The van der Waals surface area contributed by atoms with Crippen LogP contribution in [0.15, 0.2) is 30.4 Å². The van der Waals surface area contributed by atoms with Gasteiger partial charge in [-0.2, -0.15) is 13.2 Å². The lowest BCUT2D eigenvalue weighted by atomic mass is 10.0. The van der Waals surface area contributed by atoms with Crippen LogP contribution in [0.1, 0.15) is 35.7 Å². The third kappa shape index (κ3) is 3.68. The number of alkyl halides is 3. The molecule has 1 rings (SSSR count). The quantitative estimate of drug-likeness (QED) is 0.446. The zero-order valence-electron chi connectivity index (χ0n) is 9.77. The van der Waals surface area contributed by atoms with Crippen LogP contribution in [0.5, 0.6) is 0 Å². The van der Waals surface area contributed by atoms with Crippen LogP contribution >= 0.6 is 0 Å². The van der Waals surface area contributed by atoms with Crippen LogP contribution in [0.2, 0.25) is 0 Å². The maximum absolute atomic E-state index is 13.0. The average Bonchev–Trinajstić information content (AvgIpc) is 2.24. The summed E-state index contributed by atoms with van der Waals surface area (Å²) in [4.78, 5) is 11.6. The van der Waals surface area contributed by atoms with Crippen molar-refractivity contribution in [1.29, 1.82) is 0 Å². The van der Waals surface area contributed by atoms with E-state index in [-0.39, 0.29) is 12.0 Å². The van der Waals surface area contributed by atoms with E-state index in [4.69, 9.17) is 0 Å². The van der Waals surface area contributed by atoms with E-state index < -0.39 is 23.3 Å².